The van der Waals surface area contributed by atoms with Gasteiger partial charge in [0.25, 0.3) is 5.91 Å². The molecule has 5 nitrogen and oxygen atoms in total. The lowest BCUT2D eigenvalue weighted by molar-refractivity contribution is 0.0935. The number of rotatable bonds is 5. The SMILES string of the molecule is NCC(NC(=O)c1cc(-c2ccco2)nc2ccccc12)C1CC1. The fourth-order valence-corrected chi connectivity index (χ4v) is 3.03. The normalized spacial score (nSPS) is 15.4. The number of furan rings is 1. The van der Waals surface area contributed by atoms with Crippen LogP contribution in [-0.4, -0.2) is 23.5 Å². The van der Waals surface area contributed by atoms with Crippen LogP contribution in [0.15, 0.2) is 53.1 Å². The molecule has 2 heterocycles. The summed E-state index contributed by atoms with van der Waals surface area (Å²) in [5.41, 5.74) is 7.84. The van der Waals surface area contributed by atoms with Crippen LogP contribution < -0.4 is 11.1 Å². The molecule has 1 saturated carbocycles. The van der Waals surface area contributed by atoms with Gasteiger partial charge in [0.1, 0.15) is 5.69 Å². The van der Waals surface area contributed by atoms with Crippen LogP contribution in [0.25, 0.3) is 22.4 Å². The molecule has 5 heteroatoms. The Morgan fingerprint density at radius 3 is 2.83 bits per heavy atom. The lowest BCUT2D eigenvalue weighted by atomic mass is 10.0. The molecule has 0 saturated heterocycles. The first kappa shape index (κ1) is 14.9. The Kier molecular flexibility index (Phi) is 3.78. The van der Waals surface area contributed by atoms with Gasteiger partial charge >= 0.3 is 0 Å². The van der Waals surface area contributed by atoms with E-state index in [9.17, 15) is 4.79 Å². The van der Waals surface area contributed by atoms with Crippen molar-refractivity contribution in [2.75, 3.05) is 6.54 Å². The summed E-state index contributed by atoms with van der Waals surface area (Å²) in [6.45, 7) is 0.463. The van der Waals surface area contributed by atoms with Crippen molar-refractivity contribution in [3.05, 3.63) is 54.3 Å². The third-order valence-electron chi connectivity index (χ3n) is 4.50. The molecule has 1 aliphatic rings. The number of para-hydroxylation sites is 1. The molecule has 0 aliphatic heterocycles. The molecule has 3 aromatic rings. The van der Waals surface area contributed by atoms with Gasteiger partial charge in [-0.05, 0) is 43.0 Å². The number of hydrogen-bond donors (Lipinski definition) is 2. The molecule has 122 valence electrons. The second kappa shape index (κ2) is 6.09. The molecule has 3 N–H and O–H groups in total. The van der Waals surface area contributed by atoms with Crippen molar-refractivity contribution < 1.29 is 9.21 Å². The van der Waals surface area contributed by atoms with Crippen LogP contribution in [0, 0.1) is 5.92 Å². The number of fused-ring (bicyclic) bond motifs is 1. The number of benzene rings is 1. The Morgan fingerprint density at radius 1 is 1.29 bits per heavy atom. The molecule has 1 unspecified atom stereocenters. The van der Waals surface area contributed by atoms with E-state index in [1.807, 2.05) is 36.4 Å². The second-order valence-electron chi connectivity index (χ2n) is 6.20. The van der Waals surface area contributed by atoms with Crippen LogP contribution in [0.3, 0.4) is 0 Å². The van der Waals surface area contributed by atoms with E-state index in [2.05, 4.69) is 10.3 Å². The van der Waals surface area contributed by atoms with Gasteiger partial charge in [0, 0.05) is 18.0 Å². The fourth-order valence-electron chi connectivity index (χ4n) is 3.03. The first-order chi connectivity index (χ1) is 11.8. The van der Waals surface area contributed by atoms with Gasteiger partial charge in [-0.3, -0.25) is 4.79 Å². The van der Waals surface area contributed by atoms with Crippen molar-refractivity contribution in [1.29, 1.82) is 0 Å². The minimum Gasteiger partial charge on any atom is -0.463 e. The zero-order chi connectivity index (χ0) is 16.5. The predicted octanol–water partition coefficient (Wildman–Crippen LogP) is 2.96. The molecule has 1 aliphatic carbocycles. The zero-order valence-corrected chi connectivity index (χ0v) is 13.2. The fraction of sp³-hybridized carbons (Fsp3) is 0.263. The van der Waals surface area contributed by atoms with Crippen molar-refractivity contribution in [2.45, 2.75) is 18.9 Å². The first-order valence-corrected chi connectivity index (χ1v) is 8.21. The van der Waals surface area contributed by atoms with Gasteiger partial charge in [-0.25, -0.2) is 4.98 Å². The largest absolute Gasteiger partial charge is 0.463 e. The molecule has 1 aromatic carbocycles. The quantitative estimate of drug-likeness (QED) is 0.757. The monoisotopic (exact) mass is 321 g/mol. The molecular formula is C19H19N3O2. The zero-order valence-electron chi connectivity index (χ0n) is 13.2. The van der Waals surface area contributed by atoms with Gasteiger partial charge in [0.05, 0.1) is 17.3 Å². The number of nitrogens with zero attached hydrogens (tertiary/aromatic N) is 1. The summed E-state index contributed by atoms with van der Waals surface area (Å²) in [6, 6.07) is 13.1. The molecular weight excluding hydrogens is 302 g/mol. The highest BCUT2D eigenvalue weighted by Crippen LogP contribution is 2.32. The van der Waals surface area contributed by atoms with E-state index in [-0.39, 0.29) is 11.9 Å². The summed E-state index contributed by atoms with van der Waals surface area (Å²) in [7, 11) is 0. The minimum atomic E-state index is -0.108. The Morgan fingerprint density at radius 2 is 2.12 bits per heavy atom. The third kappa shape index (κ3) is 2.78. The van der Waals surface area contributed by atoms with Crippen LogP contribution in [0.2, 0.25) is 0 Å². The Labute approximate surface area is 139 Å². The molecule has 24 heavy (non-hydrogen) atoms. The average Bonchev–Trinajstić information content (AvgIpc) is 3.31. The van der Waals surface area contributed by atoms with Crippen molar-refractivity contribution in [2.24, 2.45) is 11.7 Å². The molecule has 0 bridgehead atoms. The Hall–Kier alpha value is -2.66. The van der Waals surface area contributed by atoms with Crippen molar-refractivity contribution in [3.8, 4) is 11.5 Å². The molecule has 1 fully saturated rings. The highest BCUT2D eigenvalue weighted by molar-refractivity contribution is 6.07. The lowest BCUT2D eigenvalue weighted by Crippen LogP contribution is -2.41. The highest BCUT2D eigenvalue weighted by Gasteiger charge is 2.31. The average molecular weight is 321 g/mol. The number of pyridine rings is 1. The van der Waals surface area contributed by atoms with Crippen LogP contribution in [-0.2, 0) is 0 Å². The number of nitrogens with one attached hydrogen (secondary N) is 1. The van der Waals surface area contributed by atoms with Crippen LogP contribution in [0.1, 0.15) is 23.2 Å². The maximum atomic E-state index is 12.9. The van der Waals surface area contributed by atoms with E-state index < -0.39 is 0 Å². The van der Waals surface area contributed by atoms with E-state index in [0.717, 1.165) is 23.7 Å². The Bertz CT molecular complexity index is 869. The molecule has 4 rings (SSSR count). The number of amides is 1. The number of carbonyl (C=O) groups is 1. The van der Waals surface area contributed by atoms with Gasteiger partial charge < -0.3 is 15.5 Å². The predicted molar refractivity (Wildman–Crippen MR) is 92.5 cm³/mol. The summed E-state index contributed by atoms with van der Waals surface area (Å²) >= 11 is 0. The van der Waals surface area contributed by atoms with Gasteiger partial charge in [-0.1, -0.05) is 18.2 Å². The van der Waals surface area contributed by atoms with E-state index >= 15 is 0 Å². The van der Waals surface area contributed by atoms with Gasteiger partial charge in [0.15, 0.2) is 5.76 Å². The van der Waals surface area contributed by atoms with Crippen LogP contribution in [0.4, 0.5) is 0 Å². The number of carbonyl (C=O) groups excluding carboxylic acids is 1. The van der Waals surface area contributed by atoms with E-state index in [0.29, 0.717) is 29.5 Å². The van der Waals surface area contributed by atoms with Gasteiger partial charge in [-0.15, -0.1) is 0 Å². The maximum Gasteiger partial charge on any atom is 0.252 e. The number of hydrogen-bond acceptors (Lipinski definition) is 4. The van der Waals surface area contributed by atoms with Crippen LogP contribution in [0.5, 0.6) is 0 Å². The van der Waals surface area contributed by atoms with Crippen molar-refractivity contribution in [1.82, 2.24) is 10.3 Å². The van der Waals surface area contributed by atoms with E-state index in [1.165, 1.54) is 0 Å². The number of aromatic nitrogens is 1. The lowest BCUT2D eigenvalue weighted by Gasteiger charge is -2.17. The van der Waals surface area contributed by atoms with Crippen molar-refractivity contribution in [3.63, 3.8) is 0 Å². The topological polar surface area (TPSA) is 81.1 Å². The molecule has 2 aromatic heterocycles. The van der Waals surface area contributed by atoms with E-state index in [4.69, 9.17) is 10.2 Å². The molecule has 0 spiro atoms. The summed E-state index contributed by atoms with van der Waals surface area (Å²) in [5.74, 6) is 1.05. The summed E-state index contributed by atoms with van der Waals surface area (Å²) in [5, 5.41) is 3.92. The van der Waals surface area contributed by atoms with E-state index in [1.54, 1.807) is 12.3 Å². The van der Waals surface area contributed by atoms with Gasteiger partial charge in [0.2, 0.25) is 0 Å². The smallest absolute Gasteiger partial charge is 0.252 e. The van der Waals surface area contributed by atoms with Crippen LogP contribution >= 0.6 is 0 Å². The molecule has 1 amide bonds. The highest BCUT2D eigenvalue weighted by atomic mass is 16.3. The Balaban J connectivity index is 1.76. The number of nitrogens with two attached hydrogens (primary N) is 1. The summed E-state index contributed by atoms with van der Waals surface area (Å²) in [4.78, 5) is 17.5. The molecule has 1 atom stereocenters. The van der Waals surface area contributed by atoms with Crippen molar-refractivity contribution >= 4 is 16.8 Å². The van der Waals surface area contributed by atoms with Gasteiger partial charge in [-0.2, -0.15) is 0 Å². The summed E-state index contributed by atoms with van der Waals surface area (Å²) < 4.78 is 5.44. The first-order valence-electron chi connectivity index (χ1n) is 8.21. The standard InChI is InChI=1S/C19H19N3O2/c20-11-17(12-7-8-12)22-19(23)14-10-16(18-6-3-9-24-18)21-15-5-2-1-4-13(14)15/h1-6,9-10,12,17H,7-8,11,20H2,(H,22,23). The second-order valence-corrected chi connectivity index (χ2v) is 6.20. The maximum absolute atomic E-state index is 12.9. The third-order valence-corrected chi connectivity index (χ3v) is 4.50. The minimum absolute atomic E-state index is 0.0384. The summed E-state index contributed by atoms with van der Waals surface area (Å²) in [6.07, 6.45) is 3.87. The molecule has 0 radical (unpaired) electrons.